The second-order valence-electron chi connectivity index (χ2n) is 7.23. The summed E-state index contributed by atoms with van der Waals surface area (Å²) in [6.07, 6.45) is 4.06. The second-order valence-corrected chi connectivity index (χ2v) is 7.23. The minimum absolute atomic E-state index is 0.257. The minimum atomic E-state index is -0.905. The van der Waals surface area contributed by atoms with E-state index in [1.165, 1.54) is 5.56 Å². The number of hydrogen-bond acceptors (Lipinski definition) is 4. The van der Waals surface area contributed by atoms with Crippen LogP contribution >= 0.6 is 0 Å². The van der Waals surface area contributed by atoms with Crippen molar-refractivity contribution in [2.45, 2.75) is 32.4 Å². The molecule has 0 spiro atoms. The van der Waals surface area contributed by atoms with Crippen molar-refractivity contribution in [3.8, 4) is 11.1 Å². The summed E-state index contributed by atoms with van der Waals surface area (Å²) in [7, 11) is 0. The molecule has 2 heterocycles. The molecule has 1 aromatic heterocycles. The van der Waals surface area contributed by atoms with Gasteiger partial charge in [0.1, 0.15) is 5.82 Å². The Hall–Kier alpha value is -3.05. The lowest BCUT2D eigenvalue weighted by molar-refractivity contribution is 0.0697. The van der Waals surface area contributed by atoms with Crippen molar-refractivity contribution < 1.29 is 9.90 Å². The Morgan fingerprint density at radius 1 is 1.14 bits per heavy atom. The first kappa shape index (κ1) is 18.3. The van der Waals surface area contributed by atoms with Crippen molar-refractivity contribution in [3.05, 3.63) is 83.4 Å². The first-order valence-electron chi connectivity index (χ1n) is 9.57. The van der Waals surface area contributed by atoms with Gasteiger partial charge in [0.2, 0.25) is 0 Å². The molecule has 142 valence electrons. The minimum Gasteiger partial charge on any atom is -0.478 e. The first-order valence-corrected chi connectivity index (χ1v) is 9.57. The fourth-order valence-electron chi connectivity index (χ4n) is 3.88. The molecule has 1 N–H and O–H groups in total. The summed E-state index contributed by atoms with van der Waals surface area (Å²) in [5.41, 5.74) is 4.19. The largest absolute Gasteiger partial charge is 0.478 e. The second kappa shape index (κ2) is 7.90. The molecular weight excluding hydrogens is 350 g/mol. The lowest BCUT2D eigenvalue weighted by Crippen LogP contribution is -2.24. The van der Waals surface area contributed by atoms with Gasteiger partial charge in [0.15, 0.2) is 0 Å². The maximum Gasteiger partial charge on any atom is 0.336 e. The summed E-state index contributed by atoms with van der Waals surface area (Å²) in [6, 6.07) is 17.5. The molecule has 1 aliphatic rings. The van der Waals surface area contributed by atoms with E-state index in [1.807, 2.05) is 43.5 Å². The number of likely N-dealkylation sites (tertiary alicyclic amines) is 1. The van der Waals surface area contributed by atoms with Crippen LogP contribution in [-0.4, -0.2) is 32.5 Å². The van der Waals surface area contributed by atoms with Gasteiger partial charge in [0.05, 0.1) is 11.6 Å². The number of nitrogens with zero attached hydrogens (tertiary/aromatic N) is 3. The van der Waals surface area contributed by atoms with E-state index in [0.717, 1.165) is 48.6 Å². The van der Waals surface area contributed by atoms with Gasteiger partial charge < -0.3 is 5.11 Å². The maximum absolute atomic E-state index is 11.5. The highest BCUT2D eigenvalue weighted by molar-refractivity contribution is 5.95. The van der Waals surface area contributed by atoms with Gasteiger partial charge in [-0.3, -0.25) is 4.90 Å². The van der Waals surface area contributed by atoms with E-state index in [1.54, 1.807) is 12.1 Å². The Balaban J connectivity index is 1.53. The summed E-state index contributed by atoms with van der Waals surface area (Å²) in [6.45, 7) is 3.87. The molecule has 2 aromatic carbocycles. The zero-order valence-corrected chi connectivity index (χ0v) is 15.9. The van der Waals surface area contributed by atoms with Crippen LogP contribution in [0.2, 0.25) is 0 Å². The number of hydrogen-bond donors (Lipinski definition) is 1. The van der Waals surface area contributed by atoms with Gasteiger partial charge in [-0.1, -0.05) is 42.5 Å². The fraction of sp³-hybridized carbons (Fsp3) is 0.261. The van der Waals surface area contributed by atoms with E-state index in [9.17, 15) is 9.90 Å². The summed E-state index contributed by atoms with van der Waals surface area (Å²) in [5.74, 6) is 0.00208. The summed E-state index contributed by atoms with van der Waals surface area (Å²) < 4.78 is 0. The van der Waals surface area contributed by atoms with Gasteiger partial charge in [-0.25, -0.2) is 14.8 Å². The number of aryl methyl sites for hydroxylation is 1. The Labute approximate surface area is 164 Å². The van der Waals surface area contributed by atoms with Gasteiger partial charge >= 0.3 is 5.97 Å². The molecule has 0 aliphatic carbocycles. The quantitative estimate of drug-likeness (QED) is 0.714. The van der Waals surface area contributed by atoms with Crippen LogP contribution in [-0.2, 0) is 6.54 Å². The lowest BCUT2D eigenvalue weighted by Gasteiger charge is -2.23. The molecule has 1 fully saturated rings. The third-order valence-corrected chi connectivity index (χ3v) is 5.28. The zero-order valence-electron chi connectivity index (χ0n) is 15.9. The zero-order chi connectivity index (χ0) is 19.5. The fourth-order valence-corrected chi connectivity index (χ4v) is 3.88. The van der Waals surface area contributed by atoms with Crippen LogP contribution in [0.1, 0.15) is 46.3 Å². The Kier molecular flexibility index (Phi) is 5.17. The van der Waals surface area contributed by atoms with Crippen LogP contribution in [0.4, 0.5) is 0 Å². The lowest BCUT2D eigenvalue weighted by atomic mass is 9.98. The van der Waals surface area contributed by atoms with Crippen LogP contribution in [0.15, 0.2) is 60.8 Å². The Bertz CT molecular complexity index is 985. The predicted octanol–water partition coefficient (Wildman–Crippen LogP) is 4.49. The van der Waals surface area contributed by atoms with Gasteiger partial charge in [0, 0.05) is 18.4 Å². The molecule has 1 saturated heterocycles. The normalized spacial score (nSPS) is 17.0. The van der Waals surface area contributed by atoms with E-state index < -0.39 is 5.97 Å². The van der Waals surface area contributed by atoms with E-state index in [-0.39, 0.29) is 6.04 Å². The average molecular weight is 373 g/mol. The number of rotatable bonds is 5. The molecule has 3 aromatic rings. The average Bonchev–Trinajstić information content (AvgIpc) is 3.17. The third-order valence-electron chi connectivity index (χ3n) is 5.28. The van der Waals surface area contributed by atoms with Crippen molar-refractivity contribution in [1.82, 2.24) is 14.9 Å². The first-order chi connectivity index (χ1) is 13.6. The standard InChI is InChI=1S/C23H23N3O2/c1-16-12-13-24-22(25-16)21-7-4-14-26(21)15-17-8-10-18(11-9-17)19-5-2-3-6-20(19)23(27)28/h2-3,5-6,8-13,21H,4,7,14-15H2,1H3,(H,27,28)/t21-/m1/s1. The highest BCUT2D eigenvalue weighted by Crippen LogP contribution is 2.32. The highest BCUT2D eigenvalue weighted by atomic mass is 16.4. The topological polar surface area (TPSA) is 66.3 Å². The molecule has 4 rings (SSSR count). The molecule has 5 heteroatoms. The van der Waals surface area contributed by atoms with Crippen LogP contribution < -0.4 is 0 Å². The van der Waals surface area contributed by atoms with E-state index in [2.05, 4.69) is 27.0 Å². The maximum atomic E-state index is 11.5. The van der Waals surface area contributed by atoms with Crippen molar-refractivity contribution in [1.29, 1.82) is 0 Å². The smallest absolute Gasteiger partial charge is 0.336 e. The molecule has 0 bridgehead atoms. The van der Waals surface area contributed by atoms with Gasteiger partial charge in [-0.05, 0) is 55.1 Å². The molecule has 1 aliphatic heterocycles. The van der Waals surface area contributed by atoms with E-state index >= 15 is 0 Å². The molecule has 28 heavy (non-hydrogen) atoms. The summed E-state index contributed by atoms with van der Waals surface area (Å²) >= 11 is 0. The van der Waals surface area contributed by atoms with Crippen molar-refractivity contribution in [2.75, 3.05) is 6.54 Å². The third kappa shape index (κ3) is 3.80. The Morgan fingerprint density at radius 3 is 2.68 bits per heavy atom. The number of carboxylic acid groups (broad SMARTS) is 1. The van der Waals surface area contributed by atoms with Gasteiger partial charge in [-0.2, -0.15) is 0 Å². The van der Waals surface area contributed by atoms with Crippen molar-refractivity contribution in [2.24, 2.45) is 0 Å². The number of aromatic nitrogens is 2. The highest BCUT2D eigenvalue weighted by Gasteiger charge is 2.28. The molecular formula is C23H23N3O2. The monoisotopic (exact) mass is 373 g/mol. The number of carboxylic acids is 1. The number of aromatic carboxylic acids is 1. The number of benzene rings is 2. The Morgan fingerprint density at radius 2 is 1.93 bits per heavy atom. The van der Waals surface area contributed by atoms with Crippen LogP contribution in [0.5, 0.6) is 0 Å². The molecule has 0 saturated carbocycles. The van der Waals surface area contributed by atoms with Crippen LogP contribution in [0, 0.1) is 6.92 Å². The SMILES string of the molecule is Cc1ccnc([C@H]2CCCN2Cc2ccc(-c3ccccc3C(=O)O)cc2)n1. The molecule has 5 nitrogen and oxygen atoms in total. The van der Waals surface area contributed by atoms with E-state index in [4.69, 9.17) is 0 Å². The van der Waals surface area contributed by atoms with Gasteiger partial charge in [-0.15, -0.1) is 0 Å². The van der Waals surface area contributed by atoms with E-state index in [0.29, 0.717) is 5.56 Å². The van der Waals surface area contributed by atoms with Crippen LogP contribution in [0.25, 0.3) is 11.1 Å². The van der Waals surface area contributed by atoms with Crippen molar-refractivity contribution >= 4 is 5.97 Å². The predicted molar refractivity (Wildman–Crippen MR) is 108 cm³/mol. The summed E-state index contributed by atoms with van der Waals surface area (Å²) in [4.78, 5) is 23.0. The van der Waals surface area contributed by atoms with Crippen LogP contribution in [0.3, 0.4) is 0 Å². The molecule has 0 unspecified atom stereocenters. The number of carbonyl (C=O) groups is 1. The molecule has 0 radical (unpaired) electrons. The molecule has 1 atom stereocenters. The summed E-state index contributed by atoms with van der Waals surface area (Å²) in [5, 5.41) is 9.41. The molecule has 0 amide bonds. The van der Waals surface area contributed by atoms with Crippen molar-refractivity contribution in [3.63, 3.8) is 0 Å². The van der Waals surface area contributed by atoms with Gasteiger partial charge in [0.25, 0.3) is 0 Å².